The van der Waals surface area contributed by atoms with Crippen LogP contribution in [-0.4, -0.2) is 30.3 Å². The zero-order chi connectivity index (χ0) is 16.7. The second-order valence-corrected chi connectivity index (χ2v) is 5.53. The molecule has 0 aromatic heterocycles. The molecule has 5 heteroatoms. The third-order valence-corrected chi connectivity index (χ3v) is 4.03. The Hall–Kier alpha value is -2.40. The normalized spacial score (nSPS) is 13.3. The number of aliphatic hydroxyl groups is 1. The molecule has 122 valence electrons. The Bertz CT molecular complexity index is 613. The summed E-state index contributed by atoms with van der Waals surface area (Å²) in [7, 11) is 1.61. The van der Waals surface area contributed by atoms with E-state index in [4.69, 9.17) is 4.74 Å². The van der Waals surface area contributed by atoms with Crippen LogP contribution in [-0.2, 0) is 6.42 Å². The topological polar surface area (TPSA) is 72.6 Å². The molecule has 0 aliphatic rings. The van der Waals surface area contributed by atoms with Gasteiger partial charge in [0.05, 0.1) is 13.0 Å². The highest BCUT2D eigenvalue weighted by Crippen LogP contribution is 2.28. The highest BCUT2D eigenvalue weighted by molar-refractivity contribution is 5.28. The van der Waals surface area contributed by atoms with Gasteiger partial charge in [-0.2, -0.15) is 0 Å². The third kappa shape index (κ3) is 4.79. The molecule has 0 amide bonds. The predicted octanol–water partition coefficient (Wildman–Crippen LogP) is 2.91. The number of hydrogen-bond donors (Lipinski definition) is 1. The van der Waals surface area contributed by atoms with Crippen molar-refractivity contribution in [3.8, 4) is 5.75 Å². The summed E-state index contributed by atoms with van der Waals surface area (Å²) >= 11 is 0. The van der Waals surface area contributed by atoms with Crippen molar-refractivity contribution in [1.82, 2.24) is 0 Å². The summed E-state index contributed by atoms with van der Waals surface area (Å²) in [5, 5.41) is 20.8. The molecule has 0 saturated heterocycles. The van der Waals surface area contributed by atoms with Gasteiger partial charge in [0.2, 0.25) is 6.54 Å². The van der Waals surface area contributed by atoms with Crippen molar-refractivity contribution in [3.63, 3.8) is 0 Å². The number of nitrogens with zero attached hydrogens (tertiary/aromatic N) is 1. The monoisotopic (exact) mass is 315 g/mol. The molecule has 1 N–H and O–H groups in total. The first kappa shape index (κ1) is 17.0. The van der Waals surface area contributed by atoms with Crippen LogP contribution in [0.25, 0.3) is 0 Å². The quantitative estimate of drug-likeness (QED) is 0.600. The minimum Gasteiger partial charge on any atom is -0.497 e. The van der Waals surface area contributed by atoms with Gasteiger partial charge in [0.1, 0.15) is 5.75 Å². The molecule has 0 aliphatic heterocycles. The Morgan fingerprint density at radius 3 is 2.30 bits per heavy atom. The fourth-order valence-electron chi connectivity index (χ4n) is 2.79. The summed E-state index contributed by atoms with van der Waals surface area (Å²) in [4.78, 5) is 10.7. The zero-order valence-electron chi connectivity index (χ0n) is 13.1. The van der Waals surface area contributed by atoms with Gasteiger partial charge in [0.15, 0.2) is 0 Å². The van der Waals surface area contributed by atoms with Gasteiger partial charge in [-0.05, 0) is 35.6 Å². The maximum atomic E-state index is 11.0. The van der Waals surface area contributed by atoms with Crippen molar-refractivity contribution in [3.05, 3.63) is 75.8 Å². The van der Waals surface area contributed by atoms with E-state index in [2.05, 4.69) is 0 Å². The van der Waals surface area contributed by atoms with E-state index in [1.807, 2.05) is 54.6 Å². The lowest BCUT2D eigenvalue weighted by Crippen LogP contribution is -2.25. The van der Waals surface area contributed by atoms with E-state index < -0.39 is 0 Å². The molecule has 2 aromatic carbocycles. The lowest BCUT2D eigenvalue weighted by Gasteiger charge is -2.23. The van der Waals surface area contributed by atoms with Gasteiger partial charge in [-0.1, -0.05) is 42.5 Å². The number of ether oxygens (including phenoxy) is 1. The molecule has 0 radical (unpaired) electrons. The number of aliphatic hydroxyl groups excluding tert-OH is 1. The fourth-order valence-corrected chi connectivity index (χ4v) is 2.79. The molecule has 0 heterocycles. The first-order valence-corrected chi connectivity index (χ1v) is 7.54. The summed E-state index contributed by atoms with van der Waals surface area (Å²) in [6, 6.07) is 16.9. The Morgan fingerprint density at radius 1 is 1.13 bits per heavy atom. The molecule has 0 spiro atoms. The lowest BCUT2D eigenvalue weighted by atomic mass is 9.82. The highest BCUT2D eigenvalue weighted by Gasteiger charge is 2.27. The fraction of sp³-hybridized carbons (Fsp3) is 0.333. The zero-order valence-corrected chi connectivity index (χ0v) is 13.1. The van der Waals surface area contributed by atoms with E-state index in [0.717, 1.165) is 16.9 Å². The summed E-state index contributed by atoms with van der Waals surface area (Å²) in [5.41, 5.74) is 1.91. The number of benzene rings is 2. The molecular weight excluding hydrogens is 294 g/mol. The maximum Gasteiger partial charge on any atom is 0.211 e. The average molecular weight is 315 g/mol. The van der Waals surface area contributed by atoms with Crippen LogP contribution in [0.2, 0.25) is 0 Å². The van der Waals surface area contributed by atoms with Crippen molar-refractivity contribution in [1.29, 1.82) is 0 Å². The number of hydrogen-bond acceptors (Lipinski definition) is 4. The van der Waals surface area contributed by atoms with Crippen LogP contribution in [0.1, 0.15) is 17.0 Å². The lowest BCUT2D eigenvalue weighted by molar-refractivity contribution is -0.485. The molecule has 0 aliphatic carbocycles. The van der Waals surface area contributed by atoms with Gasteiger partial charge in [0, 0.05) is 11.5 Å². The third-order valence-electron chi connectivity index (χ3n) is 4.03. The van der Waals surface area contributed by atoms with Gasteiger partial charge in [0.25, 0.3) is 0 Å². The molecule has 0 fully saturated rings. The van der Waals surface area contributed by atoms with Gasteiger partial charge < -0.3 is 9.84 Å². The minimum atomic E-state index is -0.321. The molecule has 23 heavy (non-hydrogen) atoms. The Balaban J connectivity index is 2.21. The van der Waals surface area contributed by atoms with Crippen LogP contribution in [0.15, 0.2) is 54.6 Å². The highest BCUT2D eigenvalue weighted by atomic mass is 16.6. The van der Waals surface area contributed by atoms with E-state index >= 15 is 0 Å². The molecule has 2 atom stereocenters. The van der Waals surface area contributed by atoms with Crippen molar-refractivity contribution in [2.24, 2.45) is 5.92 Å². The van der Waals surface area contributed by atoms with Crippen molar-refractivity contribution < 1.29 is 14.8 Å². The molecular formula is C18H21NO4. The van der Waals surface area contributed by atoms with Gasteiger partial charge >= 0.3 is 0 Å². The van der Waals surface area contributed by atoms with Gasteiger partial charge in [-0.25, -0.2) is 0 Å². The molecule has 2 rings (SSSR count). The first-order chi connectivity index (χ1) is 11.1. The minimum absolute atomic E-state index is 0.0978. The summed E-state index contributed by atoms with van der Waals surface area (Å²) < 4.78 is 5.13. The Morgan fingerprint density at radius 2 is 1.78 bits per heavy atom. The maximum absolute atomic E-state index is 11.0. The Kier molecular flexibility index (Phi) is 6.11. The molecule has 0 saturated carbocycles. The second-order valence-electron chi connectivity index (χ2n) is 5.53. The van der Waals surface area contributed by atoms with Crippen molar-refractivity contribution in [2.75, 3.05) is 20.3 Å². The van der Waals surface area contributed by atoms with Crippen LogP contribution in [0, 0.1) is 16.0 Å². The summed E-state index contributed by atoms with van der Waals surface area (Å²) in [6.45, 7) is -0.287. The van der Waals surface area contributed by atoms with E-state index in [9.17, 15) is 15.2 Å². The molecule has 0 unspecified atom stereocenters. The van der Waals surface area contributed by atoms with Crippen LogP contribution >= 0.6 is 0 Å². The number of nitro groups is 1. The SMILES string of the molecule is COc1ccc(C[C@@H](CO)[C@H](C[N+](=O)[O-])c2ccccc2)cc1. The van der Waals surface area contributed by atoms with Gasteiger partial charge in [-0.3, -0.25) is 10.1 Å². The van der Waals surface area contributed by atoms with Crippen molar-refractivity contribution in [2.45, 2.75) is 12.3 Å². The first-order valence-electron chi connectivity index (χ1n) is 7.54. The van der Waals surface area contributed by atoms with Crippen LogP contribution in [0.5, 0.6) is 5.75 Å². The number of rotatable bonds is 8. The van der Waals surface area contributed by atoms with Crippen LogP contribution < -0.4 is 4.74 Å². The van der Waals surface area contributed by atoms with E-state index in [1.165, 1.54) is 0 Å². The largest absolute Gasteiger partial charge is 0.497 e. The van der Waals surface area contributed by atoms with Crippen LogP contribution in [0.3, 0.4) is 0 Å². The Labute approximate surface area is 135 Å². The molecule has 5 nitrogen and oxygen atoms in total. The van der Waals surface area contributed by atoms with E-state index in [0.29, 0.717) is 6.42 Å². The summed E-state index contributed by atoms with van der Waals surface area (Å²) in [6.07, 6.45) is 0.577. The van der Waals surface area contributed by atoms with Gasteiger partial charge in [-0.15, -0.1) is 0 Å². The standard InChI is InChI=1S/C18H21NO4/c1-23-17-9-7-14(8-10-17)11-16(13-20)18(12-19(21)22)15-5-3-2-4-6-15/h2-10,16,18,20H,11-13H2,1H3/t16-,18+/m0/s1. The molecule has 2 aromatic rings. The predicted molar refractivity (Wildman–Crippen MR) is 88.3 cm³/mol. The van der Waals surface area contributed by atoms with Crippen molar-refractivity contribution >= 4 is 0 Å². The summed E-state index contributed by atoms with van der Waals surface area (Å²) in [5.74, 6) is 0.230. The van der Waals surface area contributed by atoms with Crippen LogP contribution in [0.4, 0.5) is 0 Å². The smallest absolute Gasteiger partial charge is 0.211 e. The molecule has 0 bridgehead atoms. The number of methoxy groups -OCH3 is 1. The van der Waals surface area contributed by atoms with E-state index in [1.54, 1.807) is 7.11 Å². The average Bonchev–Trinajstić information content (AvgIpc) is 2.59. The van der Waals surface area contributed by atoms with E-state index in [-0.39, 0.29) is 29.9 Å². The second kappa shape index (κ2) is 8.29.